The van der Waals surface area contributed by atoms with E-state index in [1.165, 1.54) is 131 Å². The van der Waals surface area contributed by atoms with Crippen molar-refractivity contribution in [1.29, 1.82) is 0 Å². The quantitative estimate of drug-likeness (QED) is 0.120. The molecule has 8 rings (SSSR count). The van der Waals surface area contributed by atoms with Crippen molar-refractivity contribution in [2.45, 2.75) is 111 Å². The molecular weight excluding hydrogens is 942 g/mol. The van der Waals surface area contributed by atoms with Crippen molar-refractivity contribution < 1.29 is 49.0 Å². The average Bonchev–Trinajstić information content (AvgIpc) is 3.96. The van der Waals surface area contributed by atoms with Crippen LogP contribution in [0.5, 0.6) is 0 Å². The zero-order chi connectivity index (χ0) is 44.4. The summed E-state index contributed by atoms with van der Waals surface area (Å²) in [6.07, 6.45) is 8.09. The van der Waals surface area contributed by atoms with Crippen LogP contribution in [0.4, 0.5) is 0 Å². The Bertz CT molecular complexity index is 2370. The summed E-state index contributed by atoms with van der Waals surface area (Å²) in [7, 11) is 0. The molecule has 0 N–H and O–H groups in total. The van der Waals surface area contributed by atoms with Crippen molar-refractivity contribution in [2.24, 2.45) is 0 Å². The van der Waals surface area contributed by atoms with E-state index in [-0.39, 0.29) is 35.6 Å². The average molecular weight is 1000 g/mol. The number of aryl methyl sites for hydroxylation is 2. The Hall–Kier alpha value is -3.42. The normalized spacial score (nSPS) is 11.4. The third-order valence-corrected chi connectivity index (χ3v) is 13.6. The molecular formula is C59H62Cl4Zr-2. The summed E-state index contributed by atoms with van der Waals surface area (Å²) in [5, 5.41) is 1.53. The molecule has 0 aromatic heterocycles. The van der Waals surface area contributed by atoms with Crippen molar-refractivity contribution >= 4 is 26.4 Å². The van der Waals surface area contributed by atoms with E-state index in [2.05, 4.69) is 128 Å². The van der Waals surface area contributed by atoms with Gasteiger partial charge in [0.1, 0.15) is 0 Å². The smallest absolute Gasteiger partial charge is 0.172 e. The monoisotopic (exact) mass is 1000 g/mol. The number of rotatable bonds is 10. The van der Waals surface area contributed by atoms with Crippen LogP contribution in [0.15, 0.2) is 146 Å². The van der Waals surface area contributed by atoms with Gasteiger partial charge in [-0.1, -0.05) is 158 Å². The van der Waals surface area contributed by atoms with Gasteiger partial charge < -0.3 is 24.8 Å². The number of benzene rings is 6. The molecule has 0 heterocycles. The van der Waals surface area contributed by atoms with Gasteiger partial charge in [0.15, 0.2) is 0 Å². The van der Waals surface area contributed by atoms with Crippen molar-refractivity contribution in [3.63, 3.8) is 0 Å². The van der Waals surface area contributed by atoms with Crippen LogP contribution in [0.1, 0.15) is 126 Å². The Labute approximate surface area is 422 Å². The summed E-state index contributed by atoms with van der Waals surface area (Å²) in [5.74, 6) is 0. The molecule has 332 valence electrons. The maximum Gasteiger partial charge on any atom is -0.172 e. The number of hydrogen-bond donors (Lipinski definition) is 0. The fraction of sp³-hybridized carbons (Fsp3) is 0.288. The molecule has 0 radical (unpaired) electrons. The Balaban J connectivity index is 0.000000321. The molecule has 0 spiro atoms. The van der Waals surface area contributed by atoms with Gasteiger partial charge in [-0.15, -0.1) is 28.8 Å². The predicted molar refractivity (Wildman–Crippen MR) is 267 cm³/mol. The molecule has 0 fully saturated rings. The first-order chi connectivity index (χ1) is 29.7. The number of fused-ring (bicyclic) bond motifs is 3. The topological polar surface area (TPSA) is 0 Å². The summed E-state index contributed by atoms with van der Waals surface area (Å²) in [4.78, 5) is 0. The van der Waals surface area contributed by atoms with Gasteiger partial charge in [0.25, 0.3) is 0 Å². The Kier molecular flexibility index (Phi) is 20.3. The van der Waals surface area contributed by atoms with E-state index >= 15 is 0 Å². The molecule has 0 atom stereocenters. The van der Waals surface area contributed by atoms with E-state index in [0.717, 1.165) is 29.3 Å². The minimum atomic E-state index is 0. The fourth-order valence-corrected chi connectivity index (χ4v) is 9.36. The summed E-state index contributed by atoms with van der Waals surface area (Å²) < 4.78 is 1.31. The van der Waals surface area contributed by atoms with Crippen molar-refractivity contribution in [2.75, 3.05) is 0 Å². The first-order valence-corrected chi connectivity index (χ1v) is 24.4. The van der Waals surface area contributed by atoms with Gasteiger partial charge in [0.05, 0.1) is 0 Å². The Morgan fingerprint density at radius 3 is 1.50 bits per heavy atom. The molecule has 0 saturated carbocycles. The SMILES string of the molecule is CCCCc1ccccc1-c1[c-]c2c(cc1C(C)(C)C)-c1cc(C(C)(C)C)c(-c3ccccc3CCCC)cc1C2.Clc1ccc([C](=[Zr+2])c2ccc(Cl)cc2)cc1.[Cl-].[Cl-].c1cc[cH-]c1. The molecule has 0 amide bonds. The zero-order valence-electron chi connectivity index (χ0n) is 38.8. The second-order valence-corrected chi connectivity index (χ2v) is 20.7. The molecule has 0 bridgehead atoms. The molecule has 0 saturated heterocycles. The van der Waals surface area contributed by atoms with Crippen LogP contribution in [-0.2, 0) is 54.3 Å². The molecule has 0 unspecified atom stereocenters. The van der Waals surface area contributed by atoms with Crippen LogP contribution in [0, 0.1) is 6.07 Å². The van der Waals surface area contributed by atoms with Crippen LogP contribution in [0.3, 0.4) is 0 Å². The molecule has 0 aliphatic heterocycles. The number of unbranched alkanes of at least 4 members (excludes halogenated alkanes) is 2. The van der Waals surface area contributed by atoms with Crippen LogP contribution >= 0.6 is 23.2 Å². The number of halogens is 4. The van der Waals surface area contributed by atoms with Gasteiger partial charge >= 0.3 is 120 Å². The molecule has 1 aliphatic rings. The van der Waals surface area contributed by atoms with E-state index in [4.69, 9.17) is 23.2 Å². The minimum absolute atomic E-state index is 0. The third-order valence-electron chi connectivity index (χ3n) is 11.7. The molecule has 0 nitrogen and oxygen atoms in total. The fourth-order valence-electron chi connectivity index (χ4n) is 8.29. The summed E-state index contributed by atoms with van der Waals surface area (Å²) in [5.41, 5.74) is 19.3. The van der Waals surface area contributed by atoms with Crippen LogP contribution in [0.25, 0.3) is 33.4 Å². The third kappa shape index (κ3) is 13.6. The van der Waals surface area contributed by atoms with Gasteiger partial charge in [-0.25, -0.2) is 12.1 Å². The molecule has 7 aromatic rings. The number of hydrogen-bond acceptors (Lipinski definition) is 0. The summed E-state index contributed by atoms with van der Waals surface area (Å²) in [6.45, 7) is 18.7. The maximum absolute atomic E-state index is 5.86. The summed E-state index contributed by atoms with van der Waals surface area (Å²) in [6, 6.07) is 55.6. The van der Waals surface area contributed by atoms with Gasteiger partial charge in [-0.3, -0.25) is 0 Å². The van der Waals surface area contributed by atoms with Gasteiger partial charge in [0.2, 0.25) is 0 Å². The van der Waals surface area contributed by atoms with Crippen LogP contribution < -0.4 is 24.8 Å². The van der Waals surface area contributed by atoms with E-state index in [0.29, 0.717) is 0 Å². The van der Waals surface area contributed by atoms with Crippen LogP contribution in [0.2, 0.25) is 10.0 Å². The van der Waals surface area contributed by atoms with Gasteiger partial charge in [0, 0.05) is 0 Å². The standard InChI is InChI=1S/C41H49.C13H8Cl2.C5H5.2ClH.Zr/c1-9-11-17-28-19-13-15-21-32(28)36-24-30-23-31-25-37(33-22-16-14-20-29(33)18-12-10-2)39(41(6,7)8)27-35(31)34(30)26-38(36)40(3,4)5;14-12-5-1-10(2-6-12)9-11-3-7-13(15)8-4-11;1-2-4-5-3-1;;;/h13-16,19-22,24,26-27H,9-12,17-18,23H2,1-8H3;1-8H;1-5H;2*1H;/q-1;;-1;;;+2/p-2. The first-order valence-electron chi connectivity index (χ1n) is 22.4. The minimum Gasteiger partial charge on any atom is -1.00 e. The molecule has 5 heteroatoms. The Morgan fingerprint density at radius 1 is 0.562 bits per heavy atom. The first kappa shape index (κ1) is 53.2. The van der Waals surface area contributed by atoms with Crippen LogP contribution in [-0.4, -0.2) is 3.21 Å². The largest absolute Gasteiger partial charge is 1.00 e. The maximum atomic E-state index is 5.86. The van der Waals surface area contributed by atoms with Gasteiger partial charge in [-0.05, 0) is 64.3 Å². The van der Waals surface area contributed by atoms with Crippen molar-refractivity contribution in [1.82, 2.24) is 0 Å². The van der Waals surface area contributed by atoms with Gasteiger partial charge in [-0.2, -0.15) is 18.2 Å². The second-order valence-electron chi connectivity index (χ2n) is 18.6. The summed E-state index contributed by atoms with van der Waals surface area (Å²) >= 11 is 13.1. The van der Waals surface area contributed by atoms with E-state index in [9.17, 15) is 0 Å². The molecule has 1 aliphatic carbocycles. The second kappa shape index (κ2) is 24.4. The van der Waals surface area contributed by atoms with E-state index in [1.54, 1.807) is 0 Å². The molecule has 64 heavy (non-hydrogen) atoms. The predicted octanol–water partition coefficient (Wildman–Crippen LogP) is 11.2. The molecule has 7 aromatic carbocycles. The Morgan fingerprint density at radius 2 is 1.03 bits per heavy atom. The van der Waals surface area contributed by atoms with E-state index in [1.807, 2.05) is 78.9 Å². The van der Waals surface area contributed by atoms with E-state index < -0.39 is 0 Å². The van der Waals surface area contributed by atoms with Crippen molar-refractivity contribution in [3.8, 4) is 33.4 Å². The zero-order valence-corrected chi connectivity index (χ0v) is 44.3. The van der Waals surface area contributed by atoms with Crippen molar-refractivity contribution in [3.05, 3.63) is 206 Å².